The topological polar surface area (TPSA) is 22.1 Å². The van der Waals surface area contributed by atoms with Crippen molar-refractivity contribution >= 4 is 38.3 Å². The molecule has 3 aromatic rings. The summed E-state index contributed by atoms with van der Waals surface area (Å²) in [6, 6.07) is 15.8. The number of alkyl halides is 1. The molecule has 2 aromatic carbocycles. The first-order valence-electron chi connectivity index (χ1n) is 6.13. The molecule has 0 saturated heterocycles. The van der Waals surface area contributed by atoms with Crippen LogP contribution in [-0.2, 0) is 5.88 Å². The van der Waals surface area contributed by atoms with Crippen molar-refractivity contribution in [3.63, 3.8) is 0 Å². The average molecular weight is 349 g/mol. The lowest BCUT2D eigenvalue weighted by atomic mass is 10.1. The highest BCUT2D eigenvalue weighted by molar-refractivity contribution is 9.10. The van der Waals surface area contributed by atoms with Crippen LogP contribution in [0.2, 0.25) is 0 Å². The molecule has 0 bridgehead atoms. The van der Waals surface area contributed by atoms with Gasteiger partial charge in [-0.3, -0.25) is 0 Å². The number of pyridine rings is 1. The fraction of sp³-hybridized carbons (Fsp3) is 0.0625. The Kier molecular flexibility index (Phi) is 3.90. The molecule has 0 saturated carbocycles. The van der Waals surface area contributed by atoms with Crippen molar-refractivity contribution in [3.8, 4) is 11.6 Å². The molecule has 2 nitrogen and oxygen atoms in total. The number of nitrogens with zero attached hydrogens (tertiary/aromatic N) is 1. The van der Waals surface area contributed by atoms with Gasteiger partial charge in [0.1, 0.15) is 5.75 Å². The van der Waals surface area contributed by atoms with Gasteiger partial charge in [0.25, 0.3) is 0 Å². The van der Waals surface area contributed by atoms with Gasteiger partial charge >= 0.3 is 0 Å². The van der Waals surface area contributed by atoms with Crippen LogP contribution in [0.4, 0.5) is 0 Å². The highest BCUT2D eigenvalue weighted by Crippen LogP contribution is 2.28. The van der Waals surface area contributed by atoms with E-state index >= 15 is 0 Å². The average Bonchev–Trinajstić information content (AvgIpc) is 2.48. The van der Waals surface area contributed by atoms with Crippen molar-refractivity contribution in [3.05, 3.63) is 64.8 Å². The zero-order valence-electron chi connectivity index (χ0n) is 10.5. The molecule has 0 spiro atoms. The summed E-state index contributed by atoms with van der Waals surface area (Å²) in [6.45, 7) is 0. The summed E-state index contributed by atoms with van der Waals surface area (Å²) in [4.78, 5) is 4.22. The zero-order valence-corrected chi connectivity index (χ0v) is 12.9. The summed E-state index contributed by atoms with van der Waals surface area (Å²) in [5.74, 6) is 1.69. The minimum absolute atomic E-state index is 0.379. The quantitative estimate of drug-likeness (QED) is 0.581. The highest BCUT2D eigenvalue weighted by atomic mass is 79.9. The molecule has 1 aromatic heterocycles. The van der Waals surface area contributed by atoms with Crippen molar-refractivity contribution < 1.29 is 4.74 Å². The number of hydrogen-bond acceptors (Lipinski definition) is 2. The van der Waals surface area contributed by atoms with Gasteiger partial charge in [0.05, 0.1) is 5.88 Å². The van der Waals surface area contributed by atoms with Crippen molar-refractivity contribution in [2.24, 2.45) is 0 Å². The van der Waals surface area contributed by atoms with Crippen molar-refractivity contribution in [1.29, 1.82) is 0 Å². The van der Waals surface area contributed by atoms with Crippen LogP contribution in [-0.4, -0.2) is 4.98 Å². The molecule has 0 unspecified atom stereocenters. The number of benzene rings is 2. The van der Waals surface area contributed by atoms with E-state index in [0.29, 0.717) is 11.8 Å². The number of fused-ring (bicyclic) bond motifs is 1. The van der Waals surface area contributed by atoms with Gasteiger partial charge in [-0.25, -0.2) is 4.98 Å². The van der Waals surface area contributed by atoms with E-state index in [1.165, 1.54) is 0 Å². The molecule has 1 heterocycles. The normalized spacial score (nSPS) is 10.7. The molecule has 4 heteroatoms. The van der Waals surface area contributed by atoms with Gasteiger partial charge in [0.2, 0.25) is 5.88 Å². The minimum Gasteiger partial charge on any atom is -0.439 e. The molecule has 0 fully saturated rings. The Morgan fingerprint density at radius 3 is 2.70 bits per heavy atom. The number of rotatable bonds is 3. The Bertz CT molecular complexity index is 760. The maximum atomic E-state index is 5.89. The van der Waals surface area contributed by atoms with E-state index in [9.17, 15) is 0 Å². The van der Waals surface area contributed by atoms with Crippen LogP contribution in [0.5, 0.6) is 11.6 Å². The summed E-state index contributed by atoms with van der Waals surface area (Å²) >= 11 is 9.35. The second-order valence-corrected chi connectivity index (χ2v) is 5.54. The Labute approximate surface area is 130 Å². The van der Waals surface area contributed by atoms with Crippen molar-refractivity contribution in [2.45, 2.75) is 5.88 Å². The van der Waals surface area contributed by atoms with E-state index in [1.54, 1.807) is 6.20 Å². The largest absolute Gasteiger partial charge is 0.439 e. The minimum atomic E-state index is 0.379. The van der Waals surface area contributed by atoms with Crippen molar-refractivity contribution in [1.82, 2.24) is 4.98 Å². The summed E-state index contributed by atoms with van der Waals surface area (Å²) in [6.07, 6.45) is 1.70. The number of aromatic nitrogens is 1. The zero-order chi connectivity index (χ0) is 13.9. The van der Waals surface area contributed by atoms with Gasteiger partial charge in [0, 0.05) is 16.2 Å². The smallest absolute Gasteiger partial charge is 0.223 e. The molecule has 0 atom stereocenters. The summed E-state index contributed by atoms with van der Waals surface area (Å²) in [5.41, 5.74) is 0.880. The number of ether oxygens (including phenoxy) is 1. The van der Waals surface area contributed by atoms with Gasteiger partial charge in [-0.05, 0) is 41.1 Å². The third-order valence-corrected chi connectivity index (χ3v) is 3.76. The van der Waals surface area contributed by atoms with Gasteiger partial charge in [0.15, 0.2) is 0 Å². The van der Waals surface area contributed by atoms with Crippen LogP contribution in [0, 0.1) is 0 Å². The molecule has 0 N–H and O–H groups in total. The molecule has 0 aliphatic carbocycles. The maximum Gasteiger partial charge on any atom is 0.223 e. The van der Waals surface area contributed by atoms with Crippen molar-refractivity contribution in [2.75, 3.05) is 0 Å². The predicted octanol–water partition coefficient (Wildman–Crippen LogP) is 5.53. The van der Waals surface area contributed by atoms with E-state index in [1.807, 2.05) is 42.5 Å². The second kappa shape index (κ2) is 5.81. The van der Waals surface area contributed by atoms with E-state index < -0.39 is 0 Å². The molecule has 3 rings (SSSR count). The monoisotopic (exact) mass is 347 g/mol. The Morgan fingerprint density at radius 1 is 1.05 bits per heavy atom. The van der Waals surface area contributed by atoms with Crippen LogP contribution in [0.15, 0.2) is 59.2 Å². The fourth-order valence-electron chi connectivity index (χ4n) is 1.99. The predicted molar refractivity (Wildman–Crippen MR) is 85.5 cm³/mol. The number of hydrogen-bond donors (Lipinski definition) is 0. The third-order valence-electron chi connectivity index (χ3n) is 2.98. The molecule has 100 valence electrons. The van der Waals surface area contributed by atoms with Gasteiger partial charge in [-0.15, -0.1) is 11.6 Å². The molecule has 0 aliphatic heterocycles. The van der Waals surface area contributed by atoms with E-state index in [2.05, 4.69) is 27.0 Å². The Hall–Kier alpha value is -1.58. The van der Waals surface area contributed by atoms with Gasteiger partial charge in [-0.2, -0.15) is 0 Å². The van der Waals surface area contributed by atoms with E-state index in [0.717, 1.165) is 26.6 Å². The van der Waals surface area contributed by atoms with Crippen LogP contribution in [0.1, 0.15) is 5.56 Å². The van der Waals surface area contributed by atoms with Crippen LogP contribution in [0.3, 0.4) is 0 Å². The van der Waals surface area contributed by atoms with E-state index in [4.69, 9.17) is 16.3 Å². The maximum absolute atomic E-state index is 5.89. The van der Waals surface area contributed by atoms with Crippen LogP contribution >= 0.6 is 27.5 Å². The van der Waals surface area contributed by atoms with Crippen LogP contribution < -0.4 is 4.74 Å². The molecular weight excluding hydrogens is 338 g/mol. The molecule has 0 radical (unpaired) electrons. The summed E-state index contributed by atoms with van der Waals surface area (Å²) < 4.78 is 6.89. The molecule has 0 aliphatic rings. The first kappa shape index (κ1) is 13.4. The Morgan fingerprint density at radius 2 is 1.85 bits per heavy atom. The summed E-state index contributed by atoms with van der Waals surface area (Å²) in [5, 5.41) is 2.28. The molecular formula is C16H11BrClNO. The lowest BCUT2D eigenvalue weighted by Crippen LogP contribution is -1.92. The van der Waals surface area contributed by atoms with Gasteiger partial charge < -0.3 is 4.74 Å². The van der Waals surface area contributed by atoms with Gasteiger partial charge in [-0.1, -0.05) is 34.1 Å². The third kappa shape index (κ3) is 2.79. The SMILES string of the molecule is ClCc1cccnc1Oc1ccc2cc(Br)ccc2c1. The first-order chi connectivity index (χ1) is 9.76. The van der Waals surface area contributed by atoms with Crippen LogP contribution in [0.25, 0.3) is 10.8 Å². The highest BCUT2D eigenvalue weighted by Gasteiger charge is 2.05. The standard InChI is InChI=1S/C16H11BrClNO/c17-14-5-3-12-9-15(6-4-11(12)8-14)20-16-13(10-18)2-1-7-19-16/h1-9H,10H2. The molecule has 20 heavy (non-hydrogen) atoms. The Balaban J connectivity index is 1.96. The number of halogens is 2. The first-order valence-corrected chi connectivity index (χ1v) is 7.46. The fourth-order valence-corrected chi connectivity index (χ4v) is 2.57. The second-order valence-electron chi connectivity index (χ2n) is 4.36. The molecule has 0 amide bonds. The lowest BCUT2D eigenvalue weighted by Gasteiger charge is -2.09. The lowest BCUT2D eigenvalue weighted by molar-refractivity contribution is 0.459. The summed E-state index contributed by atoms with van der Waals surface area (Å²) in [7, 11) is 0. The van der Waals surface area contributed by atoms with E-state index in [-0.39, 0.29) is 0 Å².